The van der Waals surface area contributed by atoms with E-state index in [1.165, 1.54) is 18.5 Å². The molecular formula is C21H20F3N3O2. The number of halogens is 3. The third-order valence-electron chi connectivity index (χ3n) is 4.53. The molecule has 1 aromatic heterocycles. The molecular weight excluding hydrogens is 383 g/mol. The van der Waals surface area contributed by atoms with Gasteiger partial charge in [-0.25, -0.2) is 4.98 Å². The Morgan fingerprint density at radius 1 is 1.00 bits per heavy atom. The van der Waals surface area contributed by atoms with E-state index in [0.29, 0.717) is 36.0 Å². The number of carbonyl (C=O) groups excluding carboxylic acids is 1. The van der Waals surface area contributed by atoms with Crippen molar-refractivity contribution >= 4 is 22.5 Å². The predicted octanol–water partition coefficient (Wildman–Crippen LogP) is 4.61. The number of anilines is 1. The van der Waals surface area contributed by atoms with Crippen LogP contribution in [0.3, 0.4) is 0 Å². The van der Waals surface area contributed by atoms with Crippen LogP contribution in [-0.2, 0) is 17.5 Å². The summed E-state index contributed by atoms with van der Waals surface area (Å²) < 4.78 is 39.2. The molecule has 0 spiro atoms. The Hall–Kier alpha value is -3.16. The van der Waals surface area contributed by atoms with Crippen LogP contribution in [0.4, 0.5) is 18.9 Å². The zero-order valence-corrected chi connectivity index (χ0v) is 15.6. The first-order valence-corrected chi connectivity index (χ1v) is 9.26. The summed E-state index contributed by atoms with van der Waals surface area (Å²) in [7, 11) is 0. The van der Waals surface area contributed by atoms with Gasteiger partial charge >= 0.3 is 6.18 Å². The van der Waals surface area contributed by atoms with E-state index in [1.807, 2.05) is 6.07 Å². The summed E-state index contributed by atoms with van der Waals surface area (Å²) in [5.41, 5.74) is 0.148. The summed E-state index contributed by atoms with van der Waals surface area (Å²) in [6.07, 6.45) is -0.547. The van der Waals surface area contributed by atoms with Gasteiger partial charge in [0.05, 0.1) is 22.8 Å². The van der Waals surface area contributed by atoms with Crippen LogP contribution in [0.1, 0.15) is 31.2 Å². The van der Waals surface area contributed by atoms with Gasteiger partial charge in [0.15, 0.2) is 0 Å². The van der Waals surface area contributed by atoms with Crippen LogP contribution in [0, 0.1) is 0 Å². The number of benzene rings is 2. The minimum atomic E-state index is -4.40. The summed E-state index contributed by atoms with van der Waals surface area (Å²) >= 11 is 0. The SMILES string of the molecule is O=C(CCCCCn1cnc2ccccc2c1=O)Nc1ccc(C(F)(F)F)cc1. The zero-order chi connectivity index (χ0) is 20.9. The van der Waals surface area contributed by atoms with Crippen molar-refractivity contribution in [2.45, 2.75) is 38.4 Å². The van der Waals surface area contributed by atoms with Crippen LogP contribution in [0.25, 0.3) is 10.9 Å². The lowest BCUT2D eigenvalue weighted by atomic mass is 10.1. The fraction of sp³-hybridized carbons (Fsp3) is 0.286. The molecule has 0 aliphatic carbocycles. The van der Waals surface area contributed by atoms with Crippen molar-refractivity contribution < 1.29 is 18.0 Å². The number of rotatable bonds is 7. The molecule has 0 atom stereocenters. The fourth-order valence-corrected chi connectivity index (χ4v) is 2.98. The third kappa shape index (κ3) is 5.43. The van der Waals surface area contributed by atoms with E-state index in [9.17, 15) is 22.8 Å². The Morgan fingerprint density at radius 2 is 1.72 bits per heavy atom. The number of para-hydroxylation sites is 1. The number of amides is 1. The molecule has 152 valence electrons. The molecule has 0 aliphatic rings. The maximum Gasteiger partial charge on any atom is 0.416 e. The van der Waals surface area contributed by atoms with Gasteiger partial charge in [-0.1, -0.05) is 18.6 Å². The van der Waals surface area contributed by atoms with Crippen LogP contribution in [0.2, 0.25) is 0 Å². The normalized spacial score (nSPS) is 11.6. The van der Waals surface area contributed by atoms with Gasteiger partial charge in [-0.2, -0.15) is 13.2 Å². The van der Waals surface area contributed by atoms with E-state index in [4.69, 9.17) is 0 Å². The number of hydrogen-bond acceptors (Lipinski definition) is 3. The Balaban J connectivity index is 1.42. The van der Waals surface area contributed by atoms with Crippen molar-refractivity contribution in [3.8, 4) is 0 Å². The van der Waals surface area contributed by atoms with Crippen LogP contribution < -0.4 is 10.9 Å². The molecule has 0 saturated carbocycles. The number of hydrogen-bond donors (Lipinski definition) is 1. The van der Waals surface area contributed by atoms with Gasteiger partial charge in [0.1, 0.15) is 0 Å². The number of alkyl halides is 3. The molecule has 0 bridgehead atoms. The van der Waals surface area contributed by atoms with E-state index < -0.39 is 11.7 Å². The minimum Gasteiger partial charge on any atom is -0.326 e. The maximum atomic E-state index is 12.5. The van der Waals surface area contributed by atoms with Gasteiger partial charge in [0.25, 0.3) is 5.56 Å². The highest BCUT2D eigenvalue weighted by molar-refractivity contribution is 5.90. The third-order valence-corrected chi connectivity index (χ3v) is 4.53. The number of unbranched alkanes of at least 4 members (excludes halogenated alkanes) is 2. The van der Waals surface area contributed by atoms with Crippen LogP contribution in [0.15, 0.2) is 59.7 Å². The molecule has 0 radical (unpaired) electrons. The highest BCUT2D eigenvalue weighted by atomic mass is 19.4. The Bertz CT molecular complexity index is 1040. The van der Waals surface area contributed by atoms with E-state index >= 15 is 0 Å². The predicted molar refractivity (Wildman–Crippen MR) is 105 cm³/mol. The van der Waals surface area contributed by atoms with Crippen molar-refractivity contribution in [2.24, 2.45) is 0 Å². The quantitative estimate of drug-likeness (QED) is 0.586. The lowest BCUT2D eigenvalue weighted by Crippen LogP contribution is -2.20. The van der Waals surface area contributed by atoms with Gasteiger partial charge in [-0.15, -0.1) is 0 Å². The molecule has 0 saturated heterocycles. The van der Waals surface area contributed by atoms with Crippen LogP contribution in [0.5, 0.6) is 0 Å². The number of aromatic nitrogens is 2. The highest BCUT2D eigenvalue weighted by Gasteiger charge is 2.29. The Labute approximate surface area is 165 Å². The number of carbonyl (C=O) groups is 1. The van der Waals surface area contributed by atoms with Crippen molar-refractivity contribution in [1.82, 2.24) is 9.55 Å². The van der Waals surface area contributed by atoms with E-state index in [0.717, 1.165) is 18.6 Å². The second-order valence-corrected chi connectivity index (χ2v) is 6.69. The zero-order valence-electron chi connectivity index (χ0n) is 15.6. The topological polar surface area (TPSA) is 64.0 Å². The molecule has 0 aliphatic heterocycles. The molecule has 8 heteroatoms. The largest absolute Gasteiger partial charge is 0.416 e. The summed E-state index contributed by atoms with van der Waals surface area (Å²) in [6, 6.07) is 11.5. The summed E-state index contributed by atoms with van der Waals surface area (Å²) in [6.45, 7) is 0.511. The summed E-state index contributed by atoms with van der Waals surface area (Å²) in [4.78, 5) is 28.6. The second-order valence-electron chi connectivity index (χ2n) is 6.69. The smallest absolute Gasteiger partial charge is 0.326 e. The molecule has 1 heterocycles. The summed E-state index contributed by atoms with van der Waals surface area (Å²) in [5.74, 6) is -0.255. The van der Waals surface area contributed by atoms with Crippen LogP contribution >= 0.6 is 0 Å². The number of fused-ring (bicyclic) bond motifs is 1. The van der Waals surface area contributed by atoms with E-state index in [2.05, 4.69) is 10.3 Å². The second kappa shape index (κ2) is 8.89. The standard InChI is InChI=1S/C21H20F3N3O2/c22-21(23,24)15-9-11-16(12-10-15)26-19(28)8-2-1-5-13-27-14-25-18-7-4-3-6-17(18)20(27)29/h3-4,6-7,9-12,14H,1-2,5,8,13H2,(H,26,28). The number of nitrogens with zero attached hydrogens (tertiary/aromatic N) is 2. The summed E-state index contributed by atoms with van der Waals surface area (Å²) in [5, 5.41) is 3.16. The molecule has 2 aromatic carbocycles. The molecule has 1 amide bonds. The molecule has 0 fully saturated rings. The number of nitrogens with one attached hydrogen (secondary N) is 1. The molecule has 29 heavy (non-hydrogen) atoms. The van der Waals surface area contributed by atoms with Crippen molar-refractivity contribution in [1.29, 1.82) is 0 Å². The van der Waals surface area contributed by atoms with E-state index in [-0.39, 0.29) is 17.9 Å². The number of aryl methyl sites for hydroxylation is 1. The van der Waals surface area contributed by atoms with E-state index in [1.54, 1.807) is 22.8 Å². The van der Waals surface area contributed by atoms with Crippen molar-refractivity contribution in [2.75, 3.05) is 5.32 Å². The first-order valence-electron chi connectivity index (χ1n) is 9.26. The highest BCUT2D eigenvalue weighted by Crippen LogP contribution is 2.29. The molecule has 3 rings (SSSR count). The van der Waals surface area contributed by atoms with Crippen molar-refractivity contribution in [3.63, 3.8) is 0 Å². The molecule has 0 unspecified atom stereocenters. The van der Waals surface area contributed by atoms with Gasteiger partial charge in [0.2, 0.25) is 5.91 Å². The molecule has 5 nitrogen and oxygen atoms in total. The maximum absolute atomic E-state index is 12.5. The Morgan fingerprint density at radius 3 is 2.45 bits per heavy atom. The molecule has 3 aromatic rings. The monoisotopic (exact) mass is 403 g/mol. The van der Waals surface area contributed by atoms with Crippen molar-refractivity contribution in [3.05, 3.63) is 70.8 Å². The van der Waals surface area contributed by atoms with Gasteiger partial charge in [-0.05, 0) is 49.2 Å². The average molecular weight is 403 g/mol. The average Bonchev–Trinajstić information content (AvgIpc) is 2.69. The lowest BCUT2D eigenvalue weighted by molar-refractivity contribution is -0.137. The molecule has 1 N–H and O–H groups in total. The van der Waals surface area contributed by atoms with Gasteiger partial charge in [-0.3, -0.25) is 14.2 Å². The van der Waals surface area contributed by atoms with Crippen LogP contribution in [-0.4, -0.2) is 15.5 Å². The first-order chi connectivity index (χ1) is 13.8. The lowest BCUT2D eigenvalue weighted by Gasteiger charge is -2.09. The van der Waals surface area contributed by atoms with Gasteiger partial charge < -0.3 is 5.32 Å². The minimum absolute atomic E-state index is 0.0874. The fourth-order valence-electron chi connectivity index (χ4n) is 2.98. The van der Waals surface area contributed by atoms with Gasteiger partial charge in [0, 0.05) is 18.7 Å². The first kappa shape index (κ1) is 20.6. The Kier molecular flexibility index (Phi) is 6.31.